The summed E-state index contributed by atoms with van der Waals surface area (Å²) in [4.78, 5) is 19.2. The third-order valence-corrected chi connectivity index (χ3v) is 2.91. The minimum atomic E-state index is -0.956. The number of rotatable bonds is 4. The van der Waals surface area contributed by atoms with Gasteiger partial charge >= 0.3 is 5.97 Å². The first-order chi connectivity index (χ1) is 9.04. The van der Waals surface area contributed by atoms with E-state index in [-0.39, 0.29) is 5.56 Å². The van der Waals surface area contributed by atoms with Gasteiger partial charge < -0.3 is 10.4 Å². The van der Waals surface area contributed by atoms with Gasteiger partial charge in [0.2, 0.25) is 0 Å². The molecule has 0 unspecified atom stereocenters. The van der Waals surface area contributed by atoms with E-state index in [9.17, 15) is 4.79 Å². The van der Waals surface area contributed by atoms with Crippen LogP contribution in [0.3, 0.4) is 0 Å². The summed E-state index contributed by atoms with van der Waals surface area (Å²) in [5.41, 5.74) is 1.81. The minimum absolute atomic E-state index is 0.232. The molecule has 0 aliphatic rings. The van der Waals surface area contributed by atoms with Gasteiger partial charge in [0, 0.05) is 16.4 Å². The number of carboxylic acids is 1. The standard InChI is InChI=1S/C13H12BrN3O2/c1-8-15-3-2-11(17-8)7-16-12-5-9(13(18)19)4-10(14)6-12/h2-6,16H,7H2,1H3,(H,18,19). The molecule has 0 aliphatic carbocycles. The van der Waals surface area contributed by atoms with Gasteiger partial charge in [-0.3, -0.25) is 0 Å². The lowest BCUT2D eigenvalue weighted by Gasteiger charge is -2.08. The van der Waals surface area contributed by atoms with Crippen molar-refractivity contribution in [2.24, 2.45) is 0 Å². The third kappa shape index (κ3) is 3.75. The Kier molecular flexibility index (Phi) is 4.11. The molecule has 2 rings (SSSR count). The smallest absolute Gasteiger partial charge is 0.335 e. The molecule has 0 saturated carbocycles. The average molecular weight is 322 g/mol. The normalized spacial score (nSPS) is 10.2. The summed E-state index contributed by atoms with van der Waals surface area (Å²) in [6, 6.07) is 6.78. The number of hydrogen-bond acceptors (Lipinski definition) is 4. The number of halogens is 1. The van der Waals surface area contributed by atoms with E-state index in [0.29, 0.717) is 16.8 Å². The molecule has 98 valence electrons. The van der Waals surface area contributed by atoms with Crippen LogP contribution in [0.5, 0.6) is 0 Å². The molecular weight excluding hydrogens is 310 g/mol. The molecule has 0 bridgehead atoms. The van der Waals surface area contributed by atoms with Gasteiger partial charge in [-0.15, -0.1) is 0 Å². The molecule has 0 aliphatic heterocycles. The molecular formula is C13H12BrN3O2. The summed E-state index contributed by atoms with van der Waals surface area (Å²) in [7, 11) is 0. The van der Waals surface area contributed by atoms with E-state index in [0.717, 1.165) is 11.4 Å². The number of aromatic nitrogens is 2. The second-order valence-corrected chi connectivity index (χ2v) is 4.90. The predicted molar refractivity (Wildman–Crippen MR) is 75.2 cm³/mol. The zero-order valence-electron chi connectivity index (χ0n) is 10.2. The van der Waals surface area contributed by atoms with Gasteiger partial charge in [-0.2, -0.15) is 0 Å². The van der Waals surface area contributed by atoms with Crippen molar-refractivity contribution in [1.29, 1.82) is 0 Å². The van der Waals surface area contributed by atoms with Crippen LogP contribution >= 0.6 is 15.9 Å². The second kappa shape index (κ2) is 5.79. The Bertz CT molecular complexity index is 617. The first-order valence-electron chi connectivity index (χ1n) is 5.61. The van der Waals surface area contributed by atoms with E-state index >= 15 is 0 Å². The maximum absolute atomic E-state index is 11.0. The quantitative estimate of drug-likeness (QED) is 0.905. The molecule has 0 amide bonds. The van der Waals surface area contributed by atoms with Crippen LogP contribution in [0, 0.1) is 6.92 Å². The molecule has 0 fully saturated rings. The topological polar surface area (TPSA) is 75.1 Å². The number of carboxylic acid groups (broad SMARTS) is 1. The van der Waals surface area contributed by atoms with Gasteiger partial charge in [0.05, 0.1) is 17.8 Å². The zero-order chi connectivity index (χ0) is 13.8. The second-order valence-electron chi connectivity index (χ2n) is 3.98. The Morgan fingerprint density at radius 3 is 2.89 bits per heavy atom. The number of anilines is 1. The van der Waals surface area contributed by atoms with Crippen molar-refractivity contribution in [2.75, 3.05) is 5.32 Å². The molecule has 1 aromatic heterocycles. The van der Waals surface area contributed by atoms with Gasteiger partial charge in [-0.1, -0.05) is 15.9 Å². The highest BCUT2D eigenvalue weighted by molar-refractivity contribution is 9.10. The monoisotopic (exact) mass is 321 g/mol. The van der Waals surface area contributed by atoms with Crippen LogP contribution in [-0.2, 0) is 6.54 Å². The van der Waals surface area contributed by atoms with Crippen molar-refractivity contribution in [3.8, 4) is 0 Å². The highest BCUT2D eigenvalue weighted by atomic mass is 79.9. The fourth-order valence-corrected chi connectivity index (χ4v) is 2.10. The number of carbonyl (C=O) groups is 1. The van der Waals surface area contributed by atoms with Crippen LogP contribution in [0.2, 0.25) is 0 Å². The van der Waals surface area contributed by atoms with Crippen molar-refractivity contribution in [2.45, 2.75) is 13.5 Å². The highest BCUT2D eigenvalue weighted by Crippen LogP contribution is 2.20. The van der Waals surface area contributed by atoms with E-state index in [1.807, 2.05) is 19.1 Å². The van der Waals surface area contributed by atoms with E-state index in [1.54, 1.807) is 18.3 Å². The van der Waals surface area contributed by atoms with Crippen molar-refractivity contribution in [3.63, 3.8) is 0 Å². The molecule has 1 aromatic carbocycles. The maximum Gasteiger partial charge on any atom is 0.335 e. The van der Waals surface area contributed by atoms with Crippen molar-refractivity contribution < 1.29 is 9.90 Å². The number of aryl methyl sites for hydroxylation is 1. The molecule has 1 heterocycles. The van der Waals surface area contributed by atoms with Crippen LogP contribution in [0.1, 0.15) is 21.9 Å². The van der Waals surface area contributed by atoms with Crippen LogP contribution in [-0.4, -0.2) is 21.0 Å². The third-order valence-electron chi connectivity index (χ3n) is 2.45. The lowest BCUT2D eigenvalue weighted by Crippen LogP contribution is -2.04. The number of benzene rings is 1. The molecule has 0 saturated heterocycles. The van der Waals surface area contributed by atoms with E-state index in [2.05, 4.69) is 31.2 Å². The highest BCUT2D eigenvalue weighted by Gasteiger charge is 2.06. The summed E-state index contributed by atoms with van der Waals surface area (Å²) in [5, 5.41) is 12.1. The van der Waals surface area contributed by atoms with Crippen molar-refractivity contribution >= 4 is 27.6 Å². The van der Waals surface area contributed by atoms with Gasteiger partial charge in [-0.25, -0.2) is 14.8 Å². The number of nitrogens with zero attached hydrogens (tertiary/aromatic N) is 2. The molecule has 5 nitrogen and oxygen atoms in total. The Labute approximate surface area is 118 Å². The average Bonchev–Trinajstić information content (AvgIpc) is 2.36. The number of nitrogens with one attached hydrogen (secondary N) is 1. The van der Waals surface area contributed by atoms with E-state index < -0.39 is 5.97 Å². The van der Waals surface area contributed by atoms with Gasteiger partial charge in [-0.05, 0) is 31.2 Å². The Hall–Kier alpha value is -1.95. The Morgan fingerprint density at radius 1 is 1.42 bits per heavy atom. The number of hydrogen-bond donors (Lipinski definition) is 2. The first kappa shape index (κ1) is 13.5. The molecule has 6 heteroatoms. The van der Waals surface area contributed by atoms with Crippen LogP contribution in [0.25, 0.3) is 0 Å². The van der Waals surface area contributed by atoms with Gasteiger partial charge in [0.1, 0.15) is 5.82 Å². The zero-order valence-corrected chi connectivity index (χ0v) is 11.8. The molecule has 0 spiro atoms. The summed E-state index contributed by atoms with van der Waals surface area (Å²) in [5.74, 6) is -0.248. The molecule has 0 atom stereocenters. The number of aromatic carboxylic acids is 1. The molecule has 19 heavy (non-hydrogen) atoms. The first-order valence-corrected chi connectivity index (χ1v) is 6.40. The van der Waals surface area contributed by atoms with E-state index in [4.69, 9.17) is 5.11 Å². The molecule has 2 aromatic rings. The fraction of sp³-hybridized carbons (Fsp3) is 0.154. The van der Waals surface area contributed by atoms with Crippen LogP contribution < -0.4 is 5.32 Å². The predicted octanol–water partition coefficient (Wildman–Crippen LogP) is 2.86. The van der Waals surface area contributed by atoms with E-state index in [1.165, 1.54) is 0 Å². The maximum atomic E-state index is 11.0. The lowest BCUT2D eigenvalue weighted by atomic mass is 10.2. The summed E-state index contributed by atoms with van der Waals surface area (Å²) in [6.07, 6.45) is 1.70. The Balaban J connectivity index is 2.13. The summed E-state index contributed by atoms with van der Waals surface area (Å²) >= 11 is 3.29. The van der Waals surface area contributed by atoms with Gasteiger partial charge in [0.25, 0.3) is 0 Å². The Morgan fingerprint density at radius 2 is 2.21 bits per heavy atom. The minimum Gasteiger partial charge on any atom is -0.478 e. The largest absolute Gasteiger partial charge is 0.478 e. The summed E-state index contributed by atoms with van der Waals surface area (Å²) < 4.78 is 0.716. The molecule has 0 radical (unpaired) electrons. The fourth-order valence-electron chi connectivity index (χ4n) is 1.61. The van der Waals surface area contributed by atoms with Gasteiger partial charge in [0.15, 0.2) is 0 Å². The SMILES string of the molecule is Cc1nccc(CNc2cc(Br)cc(C(=O)O)c2)n1. The van der Waals surface area contributed by atoms with Crippen LogP contribution in [0.4, 0.5) is 5.69 Å². The molecule has 2 N–H and O–H groups in total. The summed E-state index contributed by atoms with van der Waals surface area (Å²) in [6.45, 7) is 2.34. The van der Waals surface area contributed by atoms with Crippen LogP contribution in [0.15, 0.2) is 34.9 Å². The van der Waals surface area contributed by atoms with Crippen molar-refractivity contribution in [3.05, 3.63) is 52.0 Å². The lowest BCUT2D eigenvalue weighted by molar-refractivity contribution is 0.0697. The van der Waals surface area contributed by atoms with Crippen molar-refractivity contribution in [1.82, 2.24) is 9.97 Å².